The molecule has 0 saturated carbocycles. The van der Waals surface area contributed by atoms with Gasteiger partial charge in [-0.2, -0.15) is 5.10 Å². The Labute approximate surface area is 145 Å². The highest BCUT2D eigenvalue weighted by Gasteiger charge is 2.29. The summed E-state index contributed by atoms with van der Waals surface area (Å²) in [5.41, 5.74) is 4.90. The Bertz CT molecular complexity index is 705. The molecule has 0 spiro atoms. The summed E-state index contributed by atoms with van der Waals surface area (Å²) in [5, 5.41) is 4.69. The van der Waals surface area contributed by atoms with E-state index >= 15 is 0 Å². The monoisotopic (exact) mass is 324 g/mol. The molecule has 2 aliphatic heterocycles. The maximum atomic E-state index is 4.69. The van der Waals surface area contributed by atoms with Gasteiger partial charge in [-0.3, -0.25) is 9.80 Å². The van der Waals surface area contributed by atoms with Crippen molar-refractivity contribution < 1.29 is 0 Å². The van der Waals surface area contributed by atoms with Crippen molar-refractivity contribution in [3.8, 4) is 5.69 Å². The Balaban J connectivity index is 1.54. The first-order valence-electron chi connectivity index (χ1n) is 9.28. The molecule has 3 heterocycles. The van der Waals surface area contributed by atoms with Crippen LogP contribution in [-0.4, -0.2) is 51.8 Å². The molecule has 4 rings (SSSR count). The predicted octanol–water partition coefficient (Wildman–Crippen LogP) is 3.16. The number of benzene rings is 1. The van der Waals surface area contributed by atoms with Crippen LogP contribution in [0.25, 0.3) is 5.69 Å². The molecular weight excluding hydrogens is 296 g/mol. The van der Waals surface area contributed by atoms with Gasteiger partial charge in [0.15, 0.2) is 0 Å². The number of rotatable bonds is 3. The molecule has 2 aromatic rings. The topological polar surface area (TPSA) is 24.3 Å². The quantitative estimate of drug-likeness (QED) is 0.867. The van der Waals surface area contributed by atoms with Crippen molar-refractivity contribution in [2.75, 3.05) is 26.2 Å². The average molecular weight is 324 g/mol. The summed E-state index contributed by atoms with van der Waals surface area (Å²) in [6.45, 7) is 10.2. The van der Waals surface area contributed by atoms with E-state index in [4.69, 9.17) is 0 Å². The van der Waals surface area contributed by atoms with E-state index in [0.717, 1.165) is 18.3 Å². The van der Waals surface area contributed by atoms with Crippen LogP contribution in [0.1, 0.15) is 36.2 Å². The van der Waals surface area contributed by atoms with Crippen LogP contribution in [0.15, 0.2) is 30.3 Å². The van der Waals surface area contributed by atoms with Gasteiger partial charge >= 0.3 is 0 Å². The number of hydrogen-bond acceptors (Lipinski definition) is 3. The minimum absolute atomic E-state index is 0.772. The molecule has 1 unspecified atom stereocenters. The molecule has 1 atom stereocenters. The number of aromatic nitrogens is 2. The number of piperazine rings is 1. The minimum Gasteiger partial charge on any atom is -0.298 e. The third-order valence-electron chi connectivity index (χ3n) is 5.54. The lowest BCUT2D eigenvalue weighted by Crippen LogP contribution is -2.54. The van der Waals surface area contributed by atoms with Gasteiger partial charge in [0.05, 0.1) is 11.4 Å². The number of para-hydroxylation sites is 1. The molecule has 4 nitrogen and oxygen atoms in total. The van der Waals surface area contributed by atoms with Gasteiger partial charge < -0.3 is 0 Å². The lowest BCUT2D eigenvalue weighted by Gasteiger charge is -2.44. The van der Waals surface area contributed by atoms with Crippen LogP contribution in [0.2, 0.25) is 0 Å². The summed E-state index contributed by atoms with van der Waals surface area (Å²) in [6.07, 6.45) is 4.16. The Kier molecular flexibility index (Phi) is 4.42. The fourth-order valence-electron chi connectivity index (χ4n) is 4.33. The minimum atomic E-state index is 0.772. The highest BCUT2D eigenvalue weighted by atomic mass is 15.3. The van der Waals surface area contributed by atoms with Crippen LogP contribution in [0.3, 0.4) is 0 Å². The number of nitrogens with zero attached hydrogens (tertiary/aromatic N) is 4. The van der Waals surface area contributed by atoms with Crippen molar-refractivity contribution in [3.63, 3.8) is 0 Å². The molecule has 0 bridgehead atoms. The number of aryl methyl sites for hydroxylation is 2. The van der Waals surface area contributed by atoms with Gasteiger partial charge in [-0.05, 0) is 50.9 Å². The Morgan fingerprint density at radius 3 is 2.79 bits per heavy atom. The SMILES string of the molecule is Cc1cc(C)n(-c2ccccc2CN2CCN3CCCCC3C2)n1. The summed E-state index contributed by atoms with van der Waals surface area (Å²) in [6, 6.07) is 11.7. The summed E-state index contributed by atoms with van der Waals surface area (Å²) in [7, 11) is 0. The molecule has 0 amide bonds. The Morgan fingerprint density at radius 1 is 1.08 bits per heavy atom. The molecule has 128 valence electrons. The van der Waals surface area contributed by atoms with Gasteiger partial charge in [-0.1, -0.05) is 24.6 Å². The fraction of sp³-hybridized carbons (Fsp3) is 0.550. The predicted molar refractivity (Wildman–Crippen MR) is 97.5 cm³/mol. The first-order chi connectivity index (χ1) is 11.7. The van der Waals surface area contributed by atoms with Gasteiger partial charge in [0.1, 0.15) is 0 Å². The zero-order valence-corrected chi connectivity index (χ0v) is 14.9. The van der Waals surface area contributed by atoms with Crippen LogP contribution in [0, 0.1) is 13.8 Å². The normalized spacial score (nSPS) is 22.5. The smallest absolute Gasteiger partial charge is 0.0693 e. The van der Waals surface area contributed by atoms with Crippen molar-refractivity contribution >= 4 is 0 Å². The molecule has 2 saturated heterocycles. The van der Waals surface area contributed by atoms with Crippen LogP contribution in [-0.2, 0) is 6.54 Å². The second-order valence-electron chi connectivity index (χ2n) is 7.39. The molecule has 0 radical (unpaired) electrons. The van der Waals surface area contributed by atoms with E-state index < -0.39 is 0 Å². The molecule has 0 N–H and O–H groups in total. The van der Waals surface area contributed by atoms with Crippen LogP contribution < -0.4 is 0 Å². The van der Waals surface area contributed by atoms with Gasteiger partial charge in [-0.25, -0.2) is 4.68 Å². The third kappa shape index (κ3) is 3.13. The van der Waals surface area contributed by atoms with Crippen molar-refractivity contribution in [1.82, 2.24) is 19.6 Å². The number of hydrogen-bond donors (Lipinski definition) is 0. The molecule has 2 fully saturated rings. The highest BCUT2D eigenvalue weighted by molar-refractivity contribution is 5.42. The third-order valence-corrected chi connectivity index (χ3v) is 5.54. The fourth-order valence-corrected chi connectivity index (χ4v) is 4.33. The Morgan fingerprint density at radius 2 is 1.96 bits per heavy atom. The molecule has 4 heteroatoms. The standard InChI is InChI=1S/C20H28N4/c1-16-13-17(2)24(21-16)20-9-4-3-7-18(20)14-22-11-12-23-10-6-5-8-19(23)15-22/h3-4,7,9,13,19H,5-6,8,10-12,14-15H2,1-2H3. The van der Waals surface area contributed by atoms with E-state index in [2.05, 4.69) is 63.8 Å². The van der Waals surface area contributed by atoms with Gasteiger partial charge in [0.2, 0.25) is 0 Å². The molecule has 2 aliphatic rings. The van der Waals surface area contributed by atoms with E-state index in [-0.39, 0.29) is 0 Å². The average Bonchev–Trinajstić information content (AvgIpc) is 2.93. The molecule has 1 aromatic carbocycles. The van der Waals surface area contributed by atoms with Gasteiger partial charge in [0, 0.05) is 37.9 Å². The lowest BCUT2D eigenvalue weighted by atomic mass is 9.99. The van der Waals surface area contributed by atoms with Gasteiger partial charge in [0.25, 0.3) is 0 Å². The van der Waals surface area contributed by atoms with E-state index in [1.54, 1.807) is 0 Å². The largest absolute Gasteiger partial charge is 0.298 e. The first-order valence-corrected chi connectivity index (χ1v) is 9.28. The van der Waals surface area contributed by atoms with Crippen molar-refractivity contribution in [3.05, 3.63) is 47.3 Å². The molecule has 1 aromatic heterocycles. The van der Waals surface area contributed by atoms with E-state index in [0.29, 0.717) is 0 Å². The summed E-state index contributed by atoms with van der Waals surface area (Å²) in [5.74, 6) is 0. The van der Waals surface area contributed by atoms with E-state index in [1.807, 2.05) is 0 Å². The van der Waals surface area contributed by atoms with Crippen LogP contribution >= 0.6 is 0 Å². The van der Waals surface area contributed by atoms with E-state index in [9.17, 15) is 0 Å². The maximum Gasteiger partial charge on any atom is 0.0693 e. The first kappa shape index (κ1) is 15.9. The summed E-state index contributed by atoms with van der Waals surface area (Å²) < 4.78 is 2.10. The zero-order valence-electron chi connectivity index (χ0n) is 14.9. The summed E-state index contributed by atoms with van der Waals surface area (Å²) >= 11 is 0. The maximum absolute atomic E-state index is 4.69. The summed E-state index contributed by atoms with van der Waals surface area (Å²) in [4.78, 5) is 5.34. The second-order valence-corrected chi connectivity index (χ2v) is 7.39. The molecule has 24 heavy (non-hydrogen) atoms. The van der Waals surface area contributed by atoms with E-state index in [1.165, 1.54) is 62.4 Å². The van der Waals surface area contributed by atoms with Crippen LogP contribution in [0.5, 0.6) is 0 Å². The van der Waals surface area contributed by atoms with Crippen molar-refractivity contribution in [2.45, 2.75) is 45.7 Å². The van der Waals surface area contributed by atoms with Gasteiger partial charge in [-0.15, -0.1) is 0 Å². The molecular formula is C20H28N4. The lowest BCUT2D eigenvalue weighted by molar-refractivity contribution is 0.0456. The Hall–Kier alpha value is -1.65. The van der Waals surface area contributed by atoms with Crippen molar-refractivity contribution in [2.24, 2.45) is 0 Å². The zero-order chi connectivity index (χ0) is 16.5. The number of piperidine rings is 1. The van der Waals surface area contributed by atoms with Crippen LogP contribution in [0.4, 0.5) is 0 Å². The van der Waals surface area contributed by atoms with Crippen molar-refractivity contribution in [1.29, 1.82) is 0 Å². The highest BCUT2D eigenvalue weighted by Crippen LogP contribution is 2.24. The number of fused-ring (bicyclic) bond motifs is 1. The molecule has 0 aliphatic carbocycles. The second kappa shape index (κ2) is 6.69.